The molecule has 0 bridgehead atoms. The molecule has 2 aromatic carbocycles. The van der Waals surface area contributed by atoms with Crippen LogP contribution >= 0.6 is 11.6 Å². The number of piperazine rings is 1. The summed E-state index contributed by atoms with van der Waals surface area (Å²) in [5.41, 5.74) is 3.49. The molecule has 4 nitrogen and oxygen atoms in total. The lowest BCUT2D eigenvalue weighted by Crippen LogP contribution is -2.51. The normalized spacial score (nSPS) is 15.2. The van der Waals surface area contributed by atoms with Crippen molar-refractivity contribution in [3.05, 3.63) is 70.2 Å². The zero-order valence-electron chi connectivity index (χ0n) is 14.5. The van der Waals surface area contributed by atoms with Gasteiger partial charge in [-0.1, -0.05) is 59.6 Å². The first-order valence-electron chi connectivity index (χ1n) is 8.66. The number of hydrogen-bond donors (Lipinski definition) is 1. The van der Waals surface area contributed by atoms with E-state index in [0.29, 0.717) is 6.54 Å². The number of carbonyl (C=O) groups excluding carboxylic acids is 1. The Morgan fingerprint density at radius 2 is 1.72 bits per heavy atom. The number of hydrogen-bond acceptors (Lipinski definition) is 2. The zero-order valence-corrected chi connectivity index (χ0v) is 15.3. The molecule has 1 N–H and O–H groups in total. The summed E-state index contributed by atoms with van der Waals surface area (Å²) in [5, 5.41) is 3.82. The van der Waals surface area contributed by atoms with Crippen LogP contribution < -0.4 is 5.32 Å². The van der Waals surface area contributed by atoms with Gasteiger partial charge in [0.05, 0.1) is 0 Å². The molecule has 0 atom stereocenters. The summed E-state index contributed by atoms with van der Waals surface area (Å²) in [6, 6.07) is 16.2. The van der Waals surface area contributed by atoms with E-state index in [2.05, 4.69) is 47.5 Å². The van der Waals surface area contributed by atoms with Crippen molar-refractivity contribution in [3.8, 4) is 0 Å². The quantitative estimate of drug-likeness (QED) is 0.906. The van der Waals surface area contributed by atoms with Gasteiger partial charge in [0.15, 0.2) is 0 Å². The zero-order chi connectivity index (χ0) is 17.6. The Bertz CT molecular complexity index is 709. The summed E-state index contributed by atoms with van der Waals surface area (Å²) in [6.07, 6.45) is 0. The van der Waals surface area contributed by atoms with Crippen LogP contribution in [0.4, 0.5) is 4.79 Å². The van der Waals surface area contributed by atoms with E-state index in [-0.39, 0.29) is 6.03 Å². The highest BCUT2D eigenvalue weighted by atomic mass is 35.5. The van der Waals surface area contributed by atoms with Gasteiger partial charge in [0, 0.05) is 44.3 Å². The summed E-state index contributed by atoms with van der Waals surface area (Å²) in [5.74, 6) is 0. The molecule has 2 aromatic rings. The van der Waals surface area contributed by atoms with Crippen molar-refractivity contribution >= 4 is 17.6 Å². The van der Waals surface area contributed by atoms with Crippen LogP contribution in [-0.4, -0.2) is 42.0 Å². The lowest BCUT2D eigenvalue weighted by molar-refractivity contribution is 0.135. The van der Waals surface area contributed by atoms with Gasteiger partial charge in [-0.25, -0.2) is 4.79 Å². The highest BCUT2D eigenvalue weighted by Crippen LogP contribution is 2.18. The molecule has 0 saturated carbocycles. The third-order valence-corrected chi connectivity index (χ3v) is 4.94. The summed E-state index contributed by atoms with van der Waals surface area (Å²) >= 11 is 6.23. The van der Waals surface area contributed by atoms with E-state index >= 15 is 0 Å². The average Bonchev–Trinajstić information content (AvgIpc) is 2.63. The molecule has 1 heterocycles. The first-order valence-corrected chi connectivity index (χ1v) is 9.04. The molecule has 0 unspecified atom stereocenters. The molecule has 0 radical (unpaired) electrons. The van der Waals surface area contributed by atoms with Crippen LogP contribution in [0.2, 0.25) is 5.02 Å². The molecule has 1 fully saturated rings. The number of urea groups is 1. The maximum absolute atomic E-state index is 12.3. The highest BCUT2D eigenvalue weighted by Gasteiger charge is 2.21. The second-order valence-corrected chi connectivity index (χ2v) is 6.91. The van der Waals surface area contributed by atoms with Gasteiger partial charge in [0.2, 0.25) is 0 Å². The van der Waals surface area contributed by atoms with Crippen molar-refractivity contribution in [1.82, 2.24) is 15.1 Å². The molecule has 1 aliphatic rings. The Hall–Kier alpha value is -2.04. The molecule has 1 saturated heterocycles. The number of halogens is 1. The molecule has 3 rings (SSSR count). The number of carbonyl (C=O) groups is 1. The predicted octanol–water partition coefficient (Wildman–Crippen LogP) is 3.68. The summed E-state index contributed by atoms with van der Waals surface area (Å²) in [7, 11) is 0. The fraction of sp³-hybridized carbons (Fsp3) is 0.350. The summed E-state index contributed by atoms with van der Waals surface area (Å²) in [4.78, 5) is 16.6. The van der Waals surface area contributed by atoms with Gasteiger partial charge >= 0.3 is 6.03 Å². The molecule has 132 valence electrons. The Balaban J connectivity index is 1.44. The van der Waals surface area contributed by atoms with E-state index in [1.165, 1.54) is 5.56 Å². The van der Waals surface area contributed by atoms with Gasteiger partial charge in [-0.15, -0.1) is 0 Å². The second-order valence-electron chi connectivity index (χ2n) is 6.50. The van der Waals surface area contributed by atoms with Crippen molar-refractivity contribution in [2.75, 3.05) is 26.2 Å². The van der Waals surface area contributed by atoms with Crippen LogP contribution in [0.25, 0.3) is 0 Å². The van der Waals surface area contributed by atoms with Gasteiger partial charge in [-0.2, -0.15) is 0 Å². The van der Waals surface area contributed by atoms with Crippen LogP contribution in [0.15, 0.2) is 48.5 Å². The molecule has 0 aliphatic carbocycles. The largest absolute Gasteiger partial charge is 0.334 e. The third kappa shape index (κ3) is 4.97. The Morgan fingerprint density at radius 3 is 2.40 bits per heavy atom. The standard InChI is InChI=1S/C20H24ClN3O/c1-16-6-8-17(9-7-16)14-22-20(25)24-12-10-23(11-13-24)15-18-4-2-3-5-19(18)21/h2-9H,10-15H2,1H3,(H,22,25). The number of rotatable bonds is 4. The SMILES string of the molecule is Cc1ccc(CNC(=O)N2CCN(Cc3ccccc3Cl)CC2)cc1. The molecule has 2 amide bonds. The topological polar surface area (TPSA) is 35.6 Å². The van der Waals surface area contributed by atoms with Crippen LogP contribution in [0.5, 0.6) is 0 Å². The molecular weight excluding hydrogens is 334 g/mol. The van der Waals surface area contributed by atoms with Crippen LogP contribution in [0.1, 0.15) is 16.7 Å². The monoisotopic (exact) mass is 357 g/mol. The molecule has 1 aliphatic heterocycles. The number of amides is 2. The molecule has 0 aromatic heterocycles. The maximum Gasteiger partial charge on any atom is 0.317 e. The van der Waals surface area contributed by atoms with Crippen LogP contribution in [-0.2, 0) is 13.1 Å². The number of nitrogens with zero attached hydrogens (tertiary/aromatic N) is 2. The van der Waals surface area contributed by atoms with E-state index in [0.717, 1.165) is 48.9 Å². The van der Waals surface area contributed by atoms with Crippen molar-refractivity contribution in [2.45, 2.75) is 20.0 Å². The van der Waals surface area contributed by atoms with Gasteiger partial charge in [-0.05, 0) is 24.1 Å². The van der Waals surface area contributed by atoms with E-state index in [4.69, 9.17) is 11.6 Å². The van der Waals surface area contributed by atoms with Crippen molar-refractivity contribution in [3.63, 3.8) is 0 Å². The molecule has 5 heteroatoms. The van der Waals surface area contributed by atoms with Gasteiger partial charge in [0.1, 0.15) is 0 Å². The van der Waals surface area contributed by atoms with Crippen molar-refractivity contribution in [2.24, 2.45) is 0 Å². The molecule has 25 heavy (non-hydrogen) atoms. The first kappa shape index (κ1) is 17.8. The van der Waals surface area contributed by atoms with Crippen LogP contribution in [0.3, 0.4) is 0 Å². The van der Waals surface area contributed by atoms with Gasteiger partial charge in [-0.3, -0.25) is 4.90 Å². The second kappa shape index (κ2) is 8.37. The molecule has 0 spiro atoms. The Kier molecular flexibility index (Phi) is 5.95. The van der Waals surface area contributed by atoms with Crippen LogP contribution in [0, 0.1) is 6.92 Å². The predicted molar refractivity (Wildman–Crippen MR) is 102 cm³/mol. The summed E-state index contributed by atoms with van der Waals surface area (Å²) in [6.45, 7) is 6.67. The Morgan fingerprint density at radius 1 is 1.04 bits per heavy atom. The number of nitrogens with one attached hydrogen (secondary N) is 1. The lowest BCUT2D eigenvalue weighted by Gasteiger charge is -2.34. The first-order chi connectivity index (χ1) is 12.1. The minimum absolute atomic E-state index is 0.0120. The number of benzene rings is 2. The summed E-state index contributed by atoms with van der Waals surface area (Å²) < 4.78 is 0. The van der Waals surface area contributed by atoms with E-state index in [1.807, 2.05) is 23.1 Å². The minimum Gasteiger partial charge on any atom is -0.334 e. The smallest absolute Gasteiger partial charge is 0.317 e. The average molecular weight is 358 g/mol. The van der Waals surface area contributed by atoms with Gasteiger partial charge in [0.25, 0.3) is 0 Å². The Labute approximate surface area is 154 Å². The van der Waals surface area contributed by atoms with E-state index < -0.39 is 0 Å². The minimum atomic E-state index is 0.0120. The maximum atomic E-state index is 12.3. The fourth-order valence-corrected chi connectivity index (χ4v) is 3.17. The lowest BCUT2D eigenvalue weighted by atomic mass is 10.1. The third-order valence-electron chi connectivity index (χ3n) is 4.58. The number of aryl methyl sites for hydroxylation is 1. The van der Waals surface area contributed by atoms with E-state index in [9.17, 15) is 4.79 Å². The molecular formula is C20H24ClN3O. The van der Waals surface area contributed by atoms with Crippen molar-refractivity contribution in [1.29, 1.82) is 0 Å². The van der Waals surface area contributed by atoms with Crippen molar-refractivity contribution < 1.29 is 4.79 Å². The fourth-order valence-electron chi connectivity index (χ4n) is 2.97. The highest BCUT2D eigenvalue weighted by molar-refractivity contribution is 6.31. The van der Waals surface area contributed by atoms with Gasteiger partial charge < -0.3 is 10.2 Å². The van der Waals surface area contributed by atoms with E-state index in [1.54, 1.807) is 0 Å².